The van der Waals surface area contributed by atoms with E-state index in [1.54, 1.807) is 18.2 Å². The maximum atomic E-state index is 13.5. The molecule has 0 radical (unpaired) electrons. The van der Waals surface area contributed by atoms with Crippen LogP contribution in [0.3, 0.4) is 0 Å². The Morgan fingerprint density at radius 1 is 1.41 bits per heavy atom. The molecule has 17 heavy (non-hydrogen) atoms. The zero-order valence-electron chi connectivity index (χ0n) is 9.60. The van der Waals surface area contributed by atoms with Crippen molar-refractivity contribution in [3.63, 3.8) is 0 Å². The van der Waals surface area contributed by atoms with E-state index in [1.165, 1.54) is 6.07 Å². The van der Waals surface area contributed by atoms with Gasteiger partial charge in [-0.05, 0) is 18.9 Å². The fraction of sp³-hybridized carbons (Fsp3) is 0.462. The van der Waals surface area contributed by atoms with Gasteiger partial charge in [0.15, 0.2) is 0 Å². The van der Waals surface area contributed by atoms with Gasteiger partial charge in [0.1, 0.15) is 5.82 Å². The van der Waals surface area contributed by atoms with Gasteiger partial charge in [0.25, 0.3) is 0 Å². The first kappa shape index (κ1) is 12.0. The average molecular weight is 237 g/mol. The zero-order valence-corrected chi connectivity index (χ0v) is 9.60. The van der Waals surface area contributed by atoms with Crippen molar-refractivity contribution in [2.24, 2.45) is 0 Å². The van der Waals surface area contributed by atoms with E-state index in [2.05, 4.69) is 4.90 Å². The fourth-order valence-electron chi connectivity index (χ4n) is 1.92. The smallest absolute Gasteiger partial charge is 0.304 e. The zero-order chi connectivity index (χ0) is 12.3. The molecule has 1 aromatic carbocycles. The first-order valence-corrected chi connectivity index (χ1v) is 5.86. The third-order valence-electron chi connectivity index (χ3n) is 3.01. The van der Waals surface area contributed by atoms with Gasteiger partial charge in [-0.3, -0.25) is 9.69 Å². The Morgan fingerprint density at radius 3 is 2.71 bits per heavy atom. The number of carbonyl (C=O) groups is 1. The number of benzene rings is 1. The highest BCUT2D eigenvalue weighted by Gasteiger charge is 2.29. The second-order valence-corrected chi connectivity index (χ2v) is 4.44. The minimum absolute atomic E-state index is 0.116. The van der Waals surface area contributed by atoms with E-state index >= 15 is 0 Å². The molecule has 3 nitrogen and oxygen atoms in total. The number of hydrogen-bond acceptors (Lipinski definition) is 2. The quantitative estimate of drug-likeness (QED) is 0.825. The largest absolute Gasteiger partial charge is 0.481 e. The molecule has 0 amide bonds. The molecule has 1 N–H and O–H groups in total. The van der Waals surface area contributed by atoms with E-state index in [9.17, 15) is 9.18 Å². The maximum absolute atomic E-state index is 13.5. The minimum atomic E-state index is -0.802. The lowest BCUT2D eigenvalue weighted by Gasteiger charge is -2.21. The van der Waals surface area contributed by atoms with Gasteiger partial charge in [0.2, 0.25) is 0 Å². The molecule has 4 heteroatoms. The van der Waals surface area contributed by atoms with Crippen LogP contribution in [0.2, 0.25) is 0 Å². The Morgan fingerprint density at radius 2 is 2.12 bits per heavy atom. The van der Waals surface area contributed by atoms with Gasteiger partial charge in [-0.1, -0.05) is 18.2 Å². The van der Waals surface area contributed by atoms with Gasteiger partial charge in [0, 0.05) is 24.7 Å². The second kappa shape index (κ2) is 5.27. The number of rotatable bonds is 6. The maximum Gasteiger partial charge on any atom is 0.304 e. The molecule has 0 bridgehead atoms. The predicted octanol–water partition coefficient (Wildman–Crippen LogP) is 2.26. The number of aliphatic carboxylic acids is 1. The third kappa shape index (κ3) is 3.53. The topological polar surface area (TPSA) is 40.5 Å². The molecule has 0 atom stereocenters. The standard InChI is InChI=1S/C13H16FNO2/c14-12-4-2-1-3-10(12)9-15(11-5-6-11)8-7-13(16)17/h1-4,11H,5-9H2,(H,16,17). The Labute approximate surface area is 99.9 Å². The normalized spacial score (nSPS) is 15.2. The van der Waals surface area contributed by atoms with E-state index in [0.29, 0.717) is 24.7 Å². The summed E-state index contributed by atoms with van der Waals surface area (Å²) in [4.78, 5) is 12.6. The number of nitrogens with zero attached hydrogens (tertiary/aromatic N) is 1. The van der Waals surface area contributed by atoms with E-state index in [1.807, 2.05) is 0 Å². The van der Waals surface area contributed by atoms with E-state index < -0.39 is 5.97 Å². The van der Waals surface area contributed by atoms with Crippen molar-refractivity contribution < 1.29 is 14.3 Å². The summed E-state index contributed by atoms with van der Waals surface area (Å²) in [5.74, 6) is -1.02. The summed E-state index contributed by atoms with van der Waals surface area (Å²) in [7, 11) is 0. The highest BCUT2D eigenvalue weighted by molar-refractivity contribution is 5.66. The lowest BCUT2D eigenvalue weighted by molar-refractivity contribution is -0.137. The highest BCUT2D eigenvalue weighted by atomic mass is 19.1. The van der Waals surface area contributed by atoms with Crippen LogP contribution in [0.1, 0.15) is 24.8 Å². The average Bonchev–Trinajstić information content (AvgIpc) is 3.10. The van der Waals surface area contributed by atoms with Crippen molar-refractivity contribution in [1.82, 2.24) is 4.90 Å². The summed E-state index contributed by atoms with van der Waals surface area (Å²) in [5, 5.41) is 8.68. The molecular formula is C13H16FNO2. The van der Waals surface area contributed by atoms with Crippen LogP contribution in [0, 0.1) is 5.82 Å². The monoisotopic (exact) mass is 237 g/mol. The molecule has 1 fully saturated rings. The van der Waals surface area contributed by atoms with Gasteiger partial charge in [-0.25, -0.2) is 4.39 Å². The summed E-state index contributed by atoms with van der Waals surface area (Å²) >= 11 is 0. The van der Waals surface area contributed by atoms with Crippen LogP contribution >= 0.6 is 0 Å². The molecule has 1 aliphatic rings. The van der Waals surface area contributed by atoms with Crippen molar-refractivity contribution in [2.75, 3.05) is 6.54 Å². The van der Waals surface area contributed by atoms with Crippen molar-refractivity contribution >= 4 is 5.97 Å². The Bertz CT molecular complexity index is 404. The fourth-order valence-corrected chi connectivity index (χ4v) is 1.92. The molecular weight excluding hydrogens is 221 g/mol. The van der Waals surface area contributed by atoms with Crippen LogP contribution in [0.4, 0.5) is 4.39 Å². The Hall–Kier alpha value is -1.42. The molecule has 0 saturated heterocycles. The van der Waals surface area contributed by atoms with Crippen LogP contribution in [0.5, 0.6) is 0 Å². The summed E-state index contributed by atoms with van der Waals surface area (Å²) in [6.07, 6.45) is 2.30. The van der Waals surface area contributed by atoms with Gasteiger partial charge in [-0.2, -0.15) is 0 Å². The molecule has 1 saturated carbocycles. The Kier molecular flexibility index (Phi) is 3.74. The van der Waals surface area contributed by atoms with E-state index in [0.717, 1.165) is 12.8 Å². The van der Waals surface area contributed by atoms with Gasteiger partial charge in [-0.15, -0.1) is 0 Å². The van der Waals surface area contributed by atoms with Crippen molar-refractivity contribution in [2.45, 2.75) is 31.8 Å². The van der Waals surface area contributed by atoms with Crippen LogP contribution < -0.4 is 0 Å². The molecule has 1 aliphatic carbocycles. The molecule has 0 aliphatic heterocycles. The van der Waals surface area contributed by atoms with Gasteiger partial charge in [0.05, 0.1) is 6.42 Å². The third-order valence-corrected chi connectivity index (χ3v) is 3.01. The Balaban J connectivity index is 1.97. The molecule has 0 spiro atoms. The molecule has 2 rings (SSSR count). The number of hydrogen-bond donors (Lipinski definition) is 1. The summed E-state index contributed by atoms with van der Waals surface area (Å²) in [6, 6.07) is 7.11. The minimum Gasteiger partial charge on any atom is -0.481 e. The molecule has 0 unspecified atom stereocenters. The van der Waals surface area contributed by atoms with Gasteiger partial charge < -0.3 is 5.11 Å². The van der Waals surface area contributed by atoms with Gasteiger partial charge >= 0.3 is 5.97 Å². The van der Waals surface area contributed by atoms with Crippen LogP contribution in [0.15, 0.2) is 24.3 Å². The number of halogens is 1. The molecule has 0 aromatic heterocycles. The first-order valence-electron chi connectivity index (χ1n) is 5.86. The molecule has 92 valence electrons. The van der Waals surface area contributed by atoms with Crippen LogP contribution in [0.25, 0.3) is 0 Å². The van der Waals surface area contributed by atoms with E-state index in [-0.39, 0.29) is 12.2 Å². The molecule has 0 heterocycles. The highest BCUT2D eigenvalue weighted by Crippen LogP contribution is 2.28. The van der Waals surface area contributed by atoms with E-state index in [4.69, 9.17) is 5.11 Å². The SMILES string of the molecule is O=C(O)CCN(Cc1ccccc1F)C1CC1. The van der Waals surface area contributed by atoms with Crippen molar-refractivity contribution in [3.8, 4) is 0 Å². The lowest BCUT2D eigenvalue weighted by atomic mass is 10.2. The van der Waals surface area contributed by atoms with Crippen LogP contribution in [-0.4, -0.2) is 28.6 Å². The van der Waals surface area contributed by atoms with Crippen LogP contribution in [-0.2, 0) is 11.3 Å². The lowest BCUT2D eigenvalue weighted by Crippen LogP contribution is -2.28. The summed E-state index contributed by atoms with van der Waals surface area (Å²) < 4.78 is 13.5. The second-order valence-electron chi connectivity index (χ2n) is 4.44. The molecule has 1 aromatic rings. The summed E-state index contributed by atoms with van der Waals surface area (Å²) in [6.45, 7) is 0.999. The number of carboxylic acids is 1. The van der Waals surface area contributed by atoms with Crippen molar-refractivity contribution in [1.29, 1.82) is 0 Å². The number of carboxylic acid groups (broad SMARTS) is 1. The first-order chi connectivity index (χ1) is 8.16. The summed E-state index contributed by atoms with van der Waals surface area (Å²) in [5.41, 5.74) is 0.643. The predicted molar refractivity (Wildman–Crippen MR) is 62.1 cm³/mol. The van der Waals surface area contributed by atoms with Crippen molar-refractivity contribution in [3.05, 3.63) is 35.6 Å².